The van der Waals surface area contributed by atoms with E-state index in [9.17, 15) is 14.0 Å². The first-order chi connectivity index (χ1) is 13.0. The predicted octanol–water partition coefficient (Wildman–Crippen LogP) is 4.86. The highest BCUT2D eigenvalue weighted by molar-refractivity contribution is 6.43. The molecule has 27 heavy (non-hydrogen) atoms. The molecule has 0 unspecified atom stereocenters. The molecule has 0 N–H and O–H groups in total. The smallest absolute Gasteiger partial charge is 0.265 e. The Morgan fingerprint density at radius 3 is 2.30 bits per heavy atom. The maximum absolute atomic E-state index is 13.6. The monoisotopic (exact) mass is 357 g/mol. The van der Waals surface area contributed by atoms with E-state index in [4.69, 9.17) is 0 Å². The molecule has 0 aliphatic carbocycles. The summed E-state index contributed by atoms with van der Waals surface area (Å²) in [6.07, 6.45) is 1.62. The minimum absolute atomic E-state index is 0.359. The second-order valence-corrected chi connectivity index (χ2v) is 6.44. The summed E-state index contributed by atoms with van der Waals surface area (Å²) in [6.45, 7) is 1.90. The van der Waals surface area contributed by atoms with Gasteiger partial charge >= 0.3 is 0 Å². The number of rotatable bonds is 2. The van der Waals surface area contributed by atoms with E-state index >= 15 is 0 Å². The molecular weight excluding hydrogens is 341 g/mol. The van der Waals surface area contributed by atoms with Crippen LogP contribution in [0.25, 0.3) is 11.6 Å². The van der Waals surface area contributed by atoms with Crippen LogP contribution in [-0.4, -0.2) is 11.8 Å². The summed E-state index contributed by atoms with van der Waals surface area (Å²) in [4.78, 5) is 27.4. The first-order valence-corrected chi connectivity index (χ1v) is 8.57. The molecule has 0 spiro atoms. The normalized spacial score (nSPS) is 15.2. The van der Waals surface area contributed by atoms with Crippen molar-refractivity contribution >= 4 is 29.2 Å². The van der Waals surface area contributed by atoms with Crippen LogP contribution in [0.5, 0.6) is 0 Å². The molecule has 0 bridgehead atoms. The van der Waals surface area contributed by atoms with E-state index in [0.29, 0.717) is 28.0 Å². The van der Waals surface area contributed by atoms with E-state index in [2.05, 4.69) is 0 Å². The molecule has 0 saturated carbocycles. The van der Waals surface area contributed by atoms with Gasteiger partial charge in [-0.15, -0.1) is 0 Å². The molecule has 4 heteroatoms. The minimum Gasteiger partial charge on any atom is -0.268 e. The lowest BCUT2D eigenvalue weighted by Crippen LogP contribution is -2.41. The number of anilines is 1. The molecule has 1 aliphatic rings. The number of nitrogens with zero attached hydrogens (tertiary/aromatic N) is 1. The standard InChI is InChI=1S/C23H16FNO2/c1-15-6-4-9-18(12-15)25-22(26)20-11-3-2-10-19(20)21(23(25)27)14-16-7-5-8-17(24)13-16/h2-14H,1H3. The van der Waals surface area contributed by atoms with Crippen molar-refractivity contribution < 1.29 is 14.0 Å². The molecule has 3 aromatic carbocycles. The lowest BCUT2D eigenvalue weighted by Gasteiger charge is -2.29. The highest BCUT2D eigenvalue weighted by Crippen LogP contribution is 2.33. The summed E-state index contributed by atoms with van der Waals surface area (Å²) < 4.78 is 13.6. The molecule has 4 rings (SSSR count). The SMILES string of the molecule is Cc1cccc(N2C(=O)C(=Cc3cccc(F)c3)c3ccccc3C2=O)c1. The fourth-order valence-electron chi connectivity index (χ4n) is 3.26. The molecule has 2 amide bonds. The fourth-order valence-corrected chi connectivity index (χ4v) is 3.26. The van der Waals surface area contributed by atoms with Gasteiger partial charge in [0, 0.05) is 11.1 Å². The lowest BCUT2D eigenvalue weighted by atomic mass is 9.91. The van der Waals surface area contributed by atoms with Crippen LogP contribution in [0.1, 0.15) is 27.0 Å². The molecule has 0 atom stereocenters. The highest BCUT2D eigenvalue weighted by Gasteiger charge is 2.35. The van der Waals surface area contributed by atoms with Gasteiger partial charge in [0.1, 0.15) is 5.82 Å². The van der Waals surface area contributed by atoms with Crippen molar-refractivity contribution in [3.8, 4) is 0 Å². The fraction of sp³-hybridized carbons (Fsp3) is 0.0435. The van der Waals surface area contributed by atoms with Gasteiger partial charge in [-0.3, -0.25) is 9.59 Å². The average Bonchev–Trinajstić information content (AvgIpc) is 2.65. The first-order valence-electron chi connectivity index (χ1n) is 8.57. The number of hydrogen-bond donors (Lipinski definition) is 0. The van der Waals surface area contributed by atoms with Crippen LogP contribution in [0.3, 0.4) is 0 Å². The summed E-state index contributed by atoms with van der Waals surface area (Å²) in [5.41, 5.74) is 3.39. The van der Waals surface area contributed by atoms with Crippen molar-refractivity contribution in [1.82, 2.24) is 0 Å². The number of benzene rings is 3. The van der Waals surface area contributed by atoms with Crippen molar-refractivity contribution in [2.45, 2.75) is 6.92 Å². The van der Waals surface area contributed by atoms with Gasteiger partial charge in [0.25, 0.3) is 11.8 Å². The molecule has 0 radical (unpaired) electrons. The third-order valence-electron chi connectivity index (χ3n) is 4.50. The lowest BCUT2D eigenvalue weighted by molar-refractivity contribution is -0.112. The van der Waals surface area contributed by atoms with Crippen molar-refractivity contribution in [2.24, 2.45) is 0 Å². The predicted molar refractivity (Wildman–Crippen MR) is 104 cm³/mol. The van der Waals surface area contributed by atoms with Gasteiger partial charge < -0.3 is 0 Å². The van der Waals surface area contributed by atoms with Gasteiger partial charge in [0.2, 0.25) is 0 Å². The third kappa shape index (κ3) is 3.06. The van der Waals surface area contributed by atoms with Gasteiger partial charge in [-0.05, 0) is 60.0 Å². The molecule has 1 heterocycles. The molecule has 3 nitrogen and oxygen atoms in total. The van der Waals surface area contributed by atoms with Crippen molar-refractivity contribution in [3.63, 3.8) is 0 Å². The Kier molecular flexibility index (Phi) is 4.16. The summed E-state index contributed by atoms with van der Waals surface area (Å²) in [6, 6.07) is 20.2. The molecule has 132 valence electrons. The number of fused-ring (bicyclic) bond motifs is 1. The van der Waals surface area contributed by atoms with Crippen LogP contribution in [0.4, 0.5) is 10.1 Å². The van der Waals surface area contributed by atoms with Crippen LogP contribution in [-0.2, 0) is 4.79 Å². The maximum atomic E-state index is 13.6. The van der Waals surface area contributed by atoms with Crippen LogP contribution >= 0.6 is 0 Å². The number of aryl methyl sites for hydroxylation is 1. The zero-order valence-electron chi connectivity index (χ0n) is 14.6. The Hall–Kier alpha value is -3.53. The third-order valence-corrected chi connectivity index (χ3v) is 4.50. The summed E-state index contributed by atoms with van der Waals surface area (Å²) >= 11 is 0. The number of imide groups is 1. The van der Waals surface area contributed by atoms with Crippen molar-refractivity contribution in [2.75, 3.05) is 4.90 Å². The largest absolute Gasteiger partial charge is 0.268 e. The second-order valence-electron chi connectivity index (χ2n) is 6.44. The molecule has 3 aromatic rings. The van der Waals surface area contributed by atoms with Gasteiger partial charge in [0.05, 0.1) is 5.69 Å². The Balaban J connectivity index is 1.91. The number of hydrogen-bond acceptors (Lipinski definition) is 2. The summed E-state index contributed by atoms with van der Waals surface area (Å²) in [5.74, 6) is -1.17. The Morgan fingerprint density at radius 2 is 1.56 bits per heavy atom. The zero-order valence-corrected chi connectivity index (χ0v) is 14.6. The first kappa shape index (κ1) is 16.9. The Bertz CT molecular complexity index is 1100. The minimum atomic E-state index is -0.423. The topological polar surface area (TPSA) is 37.4 Å². The quantitative estimate of drug-likeness (QED) is 0.485. The van der Waals surface area contributed by atoms with E-state index in [1.807, 2.05) is 19.1 Å². The van der Waals surface area contributed by atoms with E-state index in [1.54, 1.807) is 54.6 Å². The molecule has 0 aromatic heterocycles. The number of halogens is 1. The molecule has 0 fully saturated rings. The van der Waals surface area contributed by atoms with Gasteiger partial charge in [0.15, 0.2) is 0 Å². The maximum Gasteiger partial charge on any atom is 0.265 e. The van der Waals surface area contributed by atoms with Gasteiger partial charge in [-0.1, -0.05) is 42.5 Å². The van der Waals surface area contributed by atoms with Crippen LogP contribution in [0.15, 0.2) is 72.8 Å². The summed E-state index contributed by atoms with van der Waals surface area (Å²) in [7, 11) is 0. The Labute approximate surface area is 156 Å². The Morgan fingerprint density at radius 1 is 0.815 bits per heavy atom. The van der Waals surface area contributed by atoms with E-state index in [-0.39, 0.29) is 11.7 Å². The highest BCUT2D eigenvalue weighted by atomic mass is 19.1. The van der Waals surface area contributed by atoms with E-state index < -0.39 is 5.91 Å². The van der Waals surface area contributed by atoms with Crippen LogP contribution < -0.4 is 4.90 Å². The van der Waals surface area contributed by atoms with E-state index in [0.717, 1.165) is 5.56 Å². The van der Waals surface area contributed by atoms with Crippen molar-refractivity contribution in [3.05, 3.63) is 101 Å². The summed E-state index contributed by atoms with van der Waals surface area (Å²) in [5, 5.41) is 0. The molecular formula is C23H16FNO2. The van der Waals surface area contributed by atoms with E-state index in [1.165, 1.54) is 17.0 Å². The number of carbonyl (C=O) groups excluding carboxylic acids is 2. The van der Waals surface area contributed by atoms with Gasteiger partial charge in [-0.2, -0.15) is 0 Å². The average molecular weight is 357 g/mol. The molecule has 1 aliphatic heterocycles. The van der Waals surface area contributed by atoms with Crippen molar-refractivity contribution in [1.29, 1.82) is 0 Å². The van der Waals surface area contributed by atoms with Crippen LogP contribution in [0.2, 0.25) is 0 Å². The number of carbonyl (C=O) groups is 2. The molecule has 0 saturated heterocycles. The second kappa shape index (κ2) is 6.65. The van der Waals surface area contributed by atoms with Gasteiger partial charge in [-0.25, -0.2) is 9.29 Å². The number of amides is 2. The zero-order chi connectivity index (χ0) is 19.0. The van der Waals surface area contributed by atoms with Crippen LogP contribution in [0, 0.1) is 12.7 Å².